The molecule has 1 aliphatic heterocycles. The van der Waals surface area contributed by atoms with Gasteiger partial charge in [-0.3, -0.25) is 14.4 Å². The van der Waals surface area contributed by atoms with Crippen LogP contribution in [0.4, 0.5) is 0 Å². The Morgan fingerprint density at radius 1 is 1.50 bits per heavy atom. The summed E-state index contributed by atoms with van der Waals surface area (Å²) in [6, 6.07) is 0. The van der Waals surface area contributed by atoms with Crippen LogP contribution in [-0.2, 0) is 18.3 Å². The van der Waals surface area contributed by atoms with Gasteiger partial charge >= 0.3 is 0 Å². The Balaban J connectivity index is 1.82. The van der Waals surface area contributed by atoms with Gasteiger partial charge in [-0.15, -0.1) is 0 Å². The second kappa shape index (κ2) is 7.27. The molecule has 5 heteroatoms. The van der Waals surface area contributed by atoms with E-state index in [4.69, 9.17) is 0 Å². The molecule has 0 saturated carbocycles. The minimum absolute atomic E-state index is 0.0123. The second-order valence-corrected chi connectivity index (χ2v) is 7.15. The molecule has 1 aromatic heterocycles. The maximum Gasteiger partial charge on any atom is 0.224 e. The van der Waals surface area contributed by atoms with Gasteiger partial charge in [0.25, 0.3) is 0 Å². The summed E-state index contributed by atoms with van der Waals surface area (Å²) in [7, 11) is 1.87. The van der Waals surface area contributed by atoms with Crippen LogP contribution < -0.4 is 5.32 Å². The smallest absolute Gasteiger partial charge is 0.224 e. The van der Waals surface area contributed by atoms with E-state index in [9.17, 15) is 4.79 Å². The zero-order valence-corrected chi connectivity index (χ0v) is 14.4. The molecule has 124 valence electrons. The van der Waals surface area contributed by atoms with Gasteiger partial charge in [0, 0.05) is 31.9 Å². The normalized spacial score (nSPS) is 20.1. The Bertz CT molecular complexity index is 495. The highest BCUT2D eigenvalue weighted by Gasteiger charge is 2.31. The van der Waals surface area contributed by atoms with E-state index in [-0.39, 0.29) is 11.4 Å². The summed E-state index contributed by atoms with van der Waals surface area (Å²) < 4.78 is 1.73. The van der Waals surface area contributed by atoms with Crippen molar-refractivity contribution in [2.24, 2.45) is 13.0 Å². The van der Waals surface area contributed by atoms with Gasteiger partial charge < -0.3 is 5.32 Å². The number of carbonyl (C=O) groups is 1. The number of aromatic nitrogens is 2. The first-order chi connectivity index (χ1) is 10.4. The van der Waals surface area contributed by atoms with Crippen LogP contribution >= 0.6 is 0 Å². The van der Waals surface area contributed by atoms with Crippen molar-refractivity contribution in [3.05, 3.63) is 18.0 Å². The number of aryl methyl sites for hydroxylation is 1. The molecule has 1 saturated heterocycles. The topological polar surface area (TPSA) is 50.2 Å². The highest BCUT2D eigenvalue weighted by Crippen LogP contribution is 2.25. The fraction of sp³-hybridized carbons (Fsp3) is 0.765. The largest absolute Gasteiger partial charge is 0.354 e. The van der Waals surface area contributed by atoms with Gasteiger partial charge in [0.15, 0.2) is 0 Å². The van der Waals surface area contributed by atoms with Gasteiger partial charge in [0.1, 0.15) is 0 Å². The number of amides is 1. The molecule has 0 spiro atoms. The first kappa shape index (κ1) is 17.0. The predicted octanol–water partition coefficient (Wildman–Crippen LogP) is 1.98. The summed E-state index contributed by atoms with van der Waals surface area (Å²) in [5.74, 6) is 0.879. The molecule has 0 radical (unpaired) electrons. The molecule has 1 unspecified atom stereocenters. The average molecular weight is 306 g/mol. The molecule has 2 heterocycles. The lowest BCUT2D eigenvalue weighted by Gasteiger charge is -2.43. The van der Waals surface area contributed by atoms with E-state index >= 15 is 0 Å². The fourth-order valence-electron chi connectivity index (χ4n) is 3.19. The maximum absolute atomic E-state index is 12.1. The summed E-state index contributed by atoms with van der Waals surface area (Å²) in [6.07, 6.45) is 7.91. The third-order valence-electron chi connectivity index (χ3n) is 4.79. The van der Waals surface area contributed by atoms with E-state index in [1.807, 2.05) is 13.2 Å². The molecule has 0 aliphatic carbocycles. The fourth-order valence-corrected chi connectivity index (χ4v) is 3.19. The Kier molecular flexibility index (Phi) is 5.62. The van der Waals surface area contributed by atoms with Crippen LogP contribution in [0.1, 0.15) is 45.6 Å². The van der Waals surface area contributed by atoms with Gasteiger partial charge in [-0.2, -0.15) is 5.10 Å². The van der Waals surface area contributed by atoms with E-state index in [1.165, 1.54) is 19.3 Å². The van der Waals surface area contributed by atoms with Crippen LogP contribution in [0, 0.1) is 5.92 Å². The molecule has 0 bridgehead atoms. The second-order valence-electron chi connectivity index (χ2n) is 7.15. The van der Waals surface area contributed by atoms with Crippen molar-refractivity contribution in [2.75, 3.05) is 19.6 Å². The Morgan fingerprint density at radius 2 is 2.27 bits per heavy atom. The zero-order valence-electron chi connectivity index (χ0n) is 14.4. The number of likely N-dealkylation sites (tertiary alicyclic amines) is 1. The van der Waals surface area contributed by atoms with Crippen LogP contribution in [0.25, 0.3) is 0 Å². The van der Waals surface area contributed by atoms with Crippen LogP contribution in [0.3, 0.4) is 0 Å². The Morgan fingerprint density at radius 3 is 2.91 bits per heavy atom. The average Bonchev–Trinajstić information content (AvgIpc) is 2.90. The van der Waals surface area contributed by atoms with Crippen LogP contribution in [0.15, 0.2) is 12.4 Å². The highest BCUT2D eigenvalue weighted by atomic mass is 16.1. The minimum atomic E-state index is 0.0123. The number of hydrogen-bond donors (Lipinski definition) is 1. The van der Waals surface area contributed by atoms with Gasteiger partial charge in [0.05, 0.1) is 12.6 Å². The minimum Gasteiger partial charge on any atom is -0.354 e. The quantitative estimate of drug-likeness (QED) is 0.874. The zero-order chi connectivity index (χ0) is 16.2. The van der Waals surface area contributed by atoms with Crippen LogP contribution in [0.5, 0.6) is 0 Å². The lowest BCUT2D eigenvalue weighted by atomic mass is 9.91. The van der Waals surface area contributed by atoms with E-state index < -0.39 is 0 Å². The maximum atomic E-state index is 12.1. The third kappa shape index (κ3) is 4.57. The van der Waals surface area contributed by atoms with E-state index in [2.05, 4.69) is 36.1 Å². The lowest BCUT2D eigenvalue weighted by molar-refractivity contribution is -0.121. The van der Waals surface area contributed by atoms with E-state index in [1.54, 1.807) is 10.9 Å². The van der Waals surface area contributed by atoms with Crippen molar-refractivity contribution < 1.29 is 4.79 Å². The van der Waals surface area contributed by atoms with Gasteiger partial charge in [-0.25, -0.2) is 0 Å². The van der Waals surface area contributed by atoms with Crippen molar-refractivity contribution in [2.45, 2.75) is 52.0 Å². The summed E-state index contributed by atoms with van der Waals surface area (Å²) >= 11 is 0. The molecule has 2 rings (SSSR count). The van der Waals surface area contributed by atoms with Gasteiger partial charge in [-0.05, 0) is 44.7 Å². The summed E-state index contributed by atoms with van der Waals surface area (Å²) in [5.41, 5.74) is 0.972. The molecule has 1 fully saturated rings. The molecular weight excluding hydrogens is 276 g/mol. The lowest BCUT2D eigenvalue weighted by Crippen LogP contribution is -2.55. The molecule has 22 heavy (non-hydrogen) atoms. The van der Waals surface area contributed by atoms with Crippen LogP contribution in [0.2, 0.25) is 0 Å². The summed E-state index contributed by atoms with van der Waals surface area (Å²) in [6.45, 7) is 9.73. The molecule has 5 nitrogen and oxygen atoms in total. The molecule has 1 amide bonds. The number of carbonyl (C=O) groups excluding carboxylic acids is 1. The monoisotopic (exact) mass is 306 g/mol. The van der Waals surface area contributed by atoms with Crippen molar-refractivity contribution in [3.8, 4) is 0 Å². The van der Waals surface area contributed by atoms with Crippen LogP contribution in [-0.4, -0.2) is 45.8 Å². The molecule has 1 N–H and O–H groups in total. The molecule has 0 aromatic carbocycles. The molecule has 1 atom stereocenters. The SMILES string of the molecule is CCC1CCCN(C(C)(C)CNC(=O)Cc2cnn(C)c2)C1. The van der Waals surface area contributed by atoms with E-state index in [0.29, 0.717) is 13.0 Å². The van der Waals surface area contributed by atoms with Gasteiger partial charge in [0.2, 0.25) is 5.91 Å². The number of rotatable bonds is 6. The number of hydrogen-bond acceptors (Lipinski definition) is 3. The number of piperidine rings is 1. The van der Waals surface area contributed by atoms with Crippen molar-refractivity contribution >= 4 is 5.91 Å². The third-order valence-corrected chi connectivity index (χ3v) is 4.79. The van der Waals surface area contributed by atoms with Crippen molar-refractivity contribution in [3.63, 3.8) is 0 Å². The molecular formula is C17H30N4O. The van der Waals surface area contributed by atoms with E-state index in [0.717, 1.165) is 24.6 Å². The number of nitrogens with zero attached hydrogens (tertiary/aromatic N) is 3. The Hall–Kier alpha value is -1.36. The standard InChI is InChI=1S/C17H30N4O/c1-5-14-7-6-8-21(12-14)17(2,3)13-18-16(22)9-15-10-19-20(4)11-15/h10-11,14H,5-9,12-13H2,1-4H3,(H,18,22). The first-order valence-electron chi connectivity index (χ1n) is 8.40. The van der Waals surface area contributed by atoms with Crippen molar-refractivity contribution in [1.29, 1.82) is 0 Å². The predicted molar refractivity (Wildman–Crippen MR) is 88.6 cm³/mol. The summed E-state index contributed by atoms with van der Waals surface area (Å²) in [5, 5.41) is 7.19. The number of nitrogens with one attached hydrogen (secondary N) is 1. The Labute approximate surface area is 134 Å². The molecule has 1 aromatic rings. The van der Waals surface area contributed by atoms with Gasteiger partial charge in [-0.1, -0.05) is 13.3 Å². The molecule has 1 aliphatic rings. The summed E-state index contributed by atoms with van der Waals surface area (Å²) in [4.78, 5) is 14.6. The highest BCUT2D eigenvalue weighted by molar-refractivity contribution is 5.78. The van der Waals surface area contributed by atoms with Crippen molar-refractivity contribution in [1.82, 2.24) is 20.0 Å². The first-order valence-corrected chi connectivity index (χ1v) is 8.40.